The van der Waals surface area contributed by atoms with Crippen molar-refractivity contribution >= 4 is 31.3 Å². The molecule has 1 aliphatic heterocycles. The standard InChI is InChI=1S/C20H23FN5O7P/c1-10(2)17(28)24-20-23-16-14(18(29)25-20)22-9-26(16)19-15(13(21)12(8-27)31-19)33-34(30)32-11-6-4-3-5-7-11/h3-7,9-10,12-13,15,19,27,34H,8H2,1-2H3,(H2,23,24,25,28,29)/t12-,13+,15-,19-/m1/s1. The van der Waals surface area contributed by atoms with E-state index in [1.54, 1.807) is 44.2 Å². The van der Waals surface area contributed by atoms with Crippen LogP contribution in [0.25, 0.3) is 11.2 Å². The summed E-state index contributed by atoms with van der Waals surface area (Å²) in [5, 5.41) is 12.0. The summed E-state index contributed by atoms with van der Waals surface area (Å²) in [5.74, 6) is -0.623. The Kier molecular flexibility index (Phi) is 7.08. The highest BCUT2D eigenvalue weighted by Crippen LogP contribution is 2.41. The zero-order chi connectivity index (χ0) is 24.4. The van der Waals surface area contributed by atoms with Gasteiger partial charge in [0, 0.05) is 5.92 Å². The molecule has 3 heterocycles. The molecule has 0 aliphatic carbocycles. The molecule has 3 N–H and O–H groups in total. The first kappa shape index (κ1) is 24.0. The van der Waals surface area contributed by atoms with Crippen molar-refractivity contribution in [1.82, 2.24) is 19.5 Å². The van der Waals surface area contributed by atoms with Gasteiger partial charge in [0.25, 0.3) is 5.56 Å². The van der Waals surface area contributed by atoms with Crippen molar-refractivity contribution in [3.05, 3.63) is 47.0 Å². The number of halogens is 1. The van der Waals surface area contributed by atoms with E-state index in [0.29, 0.717) is 0 Å². The number of anilines is 1. The van der Waals surface area contributed by atoms with E-state index in [1.807, 2.05) is 0 Å². The molecule has 1 aliphatic rings. The smallest absolute Gasteiger partial charge is 0.368 e. The molecule has 12 nitrogen and oxygen atoms in total. The van der Waals surface area contributed by atoms with Crippen LogP contribution in [0.2, 0.25) is 0 Å². The predicted octanol–water partition coefficient (Wildman–Crippen LogP) is 1.80. The largest absolute Gasteiger partial charge is 0.426 e. The van der Waals surface area contributed by atoms with Crippen LogP contribution in [-0.2, 0) is 18.6 Å². The van der Waals surface area contributed by atoms with Crippen LogP contribution in [0, 0.1) is 5.92 Å². The van der Waals surface area contributed by atoms with Crippen molar-refractivity contribution < 1.29 is 32.6 Å². The van der Waals surface area contributed by atoms with Crippen LogP contribution in [0.3, 0.4) is 0 Å². The number of para-hydroxylation sites is 1. The highest BCUT2D eigenvalue weighted by molar-refractivity contribution is 7.33. The summed E-state index contributed by atoms with van der Waals surface area (Å²) in [7, 11) is -3.24. The number of aromatic amines is 1. The van der Waals surface area contributed by atoms with Crippen LogP contribution >= 0.6 is 8.25 Å². The van der Waals surface area contributed by atoms with Gasteiger partial charge in [-0.2, -0.15) is 4.98 Å². The van der Waals surface area contributed by atoms with Gasteiger partial charge >= 0.3 is 8.25 Å². The Balaban J connectivity index is 1.65. The van der Waals surface area contributed by atoms with E-state index in [4.69, 9.17) is 13.8 Å². The molecule has 34 heavy (non-hydrogen) atoms. The third-order valence-electron chi connectivity index (χ3n) is 5.09. The Morgan fingerprint density at radius 3 is 2.79 bits per heavy atom. The maximum atomic E-state index is 15.0. The SMILES string of the molecule is CC(C)C(=O)Nc1nc2c(ncn2[C@@H]2O[C@H](CO)[C@H](F)[C@H]2O[PH](=O)Oc2ccccc2)c(=O)[nH]1. The summed E-state index contributed by atoms with van der Waals surface area (Å²) in [6.45, 7) is 2.66. The van der Waals surface area contributed by atoms with E-state index in [9.17, 15) is 19.3 Å². The second-order valence-corrected chi connectivity index (χ2v) is 8.76. The number of H-pyrrole nitrogens is 1. The number of aliphatic hydroxyl groups is 1. The number of carbonyl (C=O) groups excluding carboxylic acids is 1. The molecule has 0 bridgehead atoms. The Bertz CT molecular complexity index is 1250. The molecule has 0 spiro atoms. The normalized spacial score (nSPS) is 23.3. The molecule has 1 fully saturated rings. The van der Waals surface area contributed by atoms with Crippen molar-refractivity contribution in [2.45, 2.75) is 38.5 Å². The molecule has 5 atom stereocenters. The second kappa shape index (κ2) is 10.0. The number of nitrogens with zero attached hydrogens (tertiary/aromatic N) is 3. The fourth-order valence-electron chi connectivity index (χ4n) is 3.34. The zero-order valence-corrected chi connectivity index (χ0v) is 19.2. The first-order chi connectivity index (χ1) is 16.3. The maximum absolute atomic E-state index is 15.0. The number of benzene rings is 1. The van der Waals surface area contributed by atoms with Crippen LogP contribution in [0.15, 0.2) is 41.5 Å². The summed E-state index contributed by atoms with van der Waals surface area (Å²) in [4.78, 5) is 35.1. The molecular formula is C20H23FN5O7P. The fraction of sp³-hybridized carbons (Fsp3) is 0.400. The number of rotatable bonds is 8. The highest BCUT2D eigenvalue weighted by atomic mass is 31.1. The van der Waals surface area contributed by atoms with Crippen molar-refractivity contribution in [1.29, 1.82) is 0 Å². The van der Waals surface area contributed by atoms with E-state index in [-0.39, 0.29) is 34.7 Å². The number of ether oxygens (including phenoxy) is 1. The maximum Gasteiger partial charge on any atom is 0.368 e. The minimum absolute atomic E-state index is 0.0316. The average Bonchev–Trinajstić information content (AvgIpc) is 3.35. The first-order valence-corrected chi connectivity index (χ1v) is 11.6. The summed E-state index contributed by atoms with van der Waals surface area (Å²) < 4.78 is 45.0. The van der Waals surface area contributed by atoms with E-state index < -0.39 is 45.0 Å². The van der Waals surface area contributed by atoms with Gasteiger partial charge in [-0.15, -0.1) is 0 Å². The number of hydrogen-bond acceptors (Lipinski definition) is 9. The number of aliphatic hydroxyl groups excluding tert-OH is 1. The Morgan fingerprint density at radius 2 is 2.12 bits per heavy atom. The minimum atomic E-state index is -3.24. The van der Waals surface area contributed by atoms with Crippen LogP contribution in [0.1, 0.15) is 20.1 Å². The molecule has 1 saturated heterocycles. The van der Waals surface area contributed by atoms with Crippen LogP contribution in [-0.4, -0.2) is 55.5 Å². The molecule has 4 rings (SSSR count). The number of carbonyl (C=O) groups is 1. The molecule has 0 radical (unpaired) electrons. The van der Waals surface area contributed by atoms with Crippen LogP contribution < -0.4 is 15.4 Å². The number of alkyl halides is 1. The van der Waals surface area contributed by atoms with E-state index in [2.05, 4.69) is 20.3 Å². The van der Waals surface area contributed by atoms with Crippen LogP contribution in [0.4, 0.5) is 10.3 Å². The van der Waals surface area contributed by atoms with Gasteiger partial charge in [-0.1, -0.05) is 32.0 Å². The molecule has 1 unspecified atom stereocenters. The lowest BCUT2D eigenvalue weighted by atomic mass is 10.1. The monoisotopic (exact) mass is 495 g/mol. The number of aromatic nitrogens is 4. The Hall–Kier alpha value is -3.12. The Morgan fingerprint density at radius 1 is 1.38 bits per heavy atom. The van der Waals surface area contributed by atoms with Gasteiger partial charge in [-0.05, 0) is 12.1 Å². The van der Waals surface area contributed by atoms with Gasteiger partial charge in [0.15, 0.2) is 23.6 Å². The summed E-state index contributed by atoms with van der Waals surface area (Å²) in [5.41, 5.74) is -0.772. The van der Waals surface area contributed by atoms with Gasteiger partial charge in [-0.3, -0.25) is 29.0 Å². The lowest BCUT2D eigenvalue weighted by Crippen LogP contribution is -2.31. The summed E-state index contributed by atoms with van der Waals surface area (Å²) in [6, 6.07) is 8.20. The van der Waals surface area contributed by atoms with Crippen molar-refractivity contribution in [2.24, 2.45) is 5.92 Å². The van der Waals surface area contributed by atoms with Gasteiger partial charge in [0.2, 0.25) is 11.9 Å². The fourth-order valence-corrected chi connectivity index (χ4v) is 4.19. The van der Waals surface area contributed by atoms with Crippen LogP contribution in [0.5, 0.6) is 5.75 Å². The summed E-state index contributed by atoms with van der Waals surface area (Å²) >= 11 is 0. The molecule has 1 aromatic carbocycles. The van der Waals surface area contributed by atoms with Gasteiger partial charge in [-0.25, -0.2) is 13.9 Å². The minimum Gasteiger partial charge on any atom is -0.426 e. The van der Waals surface area contributed by atoms with Crippen molar-refractivity contribution in [3.8, 4) is 5.75 Å². The average molecular weight is 495 g/mol. The molecule has 2 aromatic heterocycles. The molecule has 0 saturated carbocycles. The number of imidazole rings is 1. The van der Waals surface area contributed by atoms with Gasteiger partial charge in [0.1, 0.15) is 18.0 Å². The lowest BCUT2D eigenvalue weighted by Gasteiger charge is -2.21. The molecule has 1 amide bonds. The first-order valence-electron chi connectivity index (χ1n) is 10.4. The van der Waals surface area contributed by atoms with E-state index in [1.165, 1.54) is 10.9 Å². The van der Waals surface area contributed by atoms with Gasteiger partial charge < -0.3 is 14.4 Å². The summed E-state index contributed by atoms with van der Waals surface area (Å²) in [6.07, 6.45) is -4.74. The third kappa shape index (κ3) is 4.87. The predicted molar refractivity (Wildman–Crippen MR) is 118 cm³/mol. The molecule has 182 valence electrons. The zero-order valence-electron chi connectivity index (χ0n) is 18.2. The number of amides is 1. The molecule has 3 aromatic rings. The quantitative estimate of drug-likeness (QED) is 0.396. The highest BCUT2D eigenvalue weighted by Gasteiger charge is 2.48. The van der Waals surface area contributed by atoms with Gasteiger partial charge in [0.05, 0.1) is 12.9 Å². The molecular weight excluding hydrogens is 472 g/mol. The Labute approximate surface area is 193 Å². The topological polar surface area (TPSA) is 158 Å². The van der Waals surface area contributed by atoms with Crippen molar-refractivity contribution in [2.75, 3.05) is 11.9 Å². The molecule has 14 heteroatoms. The van der Waals surface area contributed by atoms with Crippen molar-refractivity contribution in [3.63, 3.8) is 0 Å². The number of hydrogen-bond donors (Lipinski definition) is 3. The number of nitrogens with one attached hydrogen (secondary N) is 2. The second-order valence-electron chi connectivity index (χ2n) is 7.82. The van der Waals surface area contributed by atoms with E-state index >= 15 is 4.39 Å². The van der Waals surface area contributed by atoms with E-state index in [0.717, 1.165) is 0 Å². The third-order valence-corrected chi connectivity index (χ3v) is 5.96. The number of fused-ring (bicyclic) bond motifs is 1. The lowest BCUT2D eigenvalue weighted by molar-refractivity contribution is -0.118.